The zero-order valence-electron chi connectivity index (χ0n) is 39.6. The summed E-state index contributed by atoms with van der Waals surface area (Å²) >= 11 is 0. The van der Waals surface area contributed by atoms with Crippen molar-refractivity contribution in [2.24, 2.45) is 28.4 Å². The van der Waals surface area contributed by atoms with Crippen LogP contribution in [0.1, 0.15) is 62.5 Å². The van der Waals surface area contributed by atoms with Gasteiger partial charge in [-0.25, -0.2) is 0 Å². The highest BCUT2D eigenvalue weighted by Gasteiger charge is 2.38. The second-order valence-electron chi connectivity index (χ2n) is 17.6. The van der Waals surface area contributed by atoms with Crippen LogP contribution in [0.3, 0.4) is 0 Å². The molecule has 2 bridgehead atoms. The van der Waals surface area contributed by atoms with Crippen LogP contribution < -0.4 is 43.7 Å². The minimum atomic E-state index is -1.06. The number of Topliss-reactive ketones (excluding diaryl/α,β-unsaturated/α-hetero) is 2. The van der Waals surface area contributed by atoms with Crippen LogP contribution in [-0.4, -0.2) is 137 Å². The van der Waals surface area contributed by atoms with E-state index in [-0.39, 0.29) is 75.6 Å². The van der Waals surface area contributed by atoms with Crippen molar-refractivity contribution in [2.75, 3.05) is 39.3 Å². The lowest BCUT2D eigenvalue weighted by molar-refractivity contribution is -0.139. The lowest BCUT2D eigenvalue weighted by Crippen LogP contribution is -2.50. The fourth-order valence-electron chi connectivity index (χ4n) is 8.73. The molecular formula is C48H60N14O10. The third kappa shape index (κ3) is 16.4. The zero-order valence-corrected chi connectivity index (χ0v) is 39.6. The highest BCUT2D eigenvalue weighted by molar-refractivity contribution is 5.96. The number of nitrogens with two attached hydrogens (primary N) is 2. The third-order valence-electron chi connectivity index (χ3n) is 12.4. The predicted octanol–water partition coefficient (Wildman–Crippen LogP) is -1.33. The summed E-state index contributed by atoms with van der Waals surface area (Å²) in [6.45, 7) is -0.355. The van der Waals surface area contributed by atoms with E-state index in [1.165, 1.54) is 14.8 Å². The van der Waals surface area contributed by atoms with Crippen LogP contribution in [0.15, 0.2) is 77.7 Å². The number of carbonyl (C=O) groups is 10. The summed E-state index contributed by atoms with van der Waals surface area (Å²) in [5.41, 5.74) is 27.0. The minimum absolute atomic E-state index is 0.0626. The van der Waals surface area contributed by atoms with Crippen LogP contribution >= 0.6 is 0 Å². The molecule has 0 radical (unpaired) electrons. The van der Waals surface area contributed by atoms with E-state index < -0.39 is 83.9 Å². The van der Waals surface area contributed by atoms with Crippen molar-refractivity contribution in [2.45, 2.75) is 88.4 Å². The van der Waals surface area contributed by atoms with E-state index in [0.717, 1.165) is 11.1 Å². The van der Waals surface area contributed by atoms with E-state index in [1.54, 1.807) is 6.20 Å². The quantitative estimate of drug-likeness (QED) is 0.0419. The van der Waals surface area contributed by atoms with Gasteiger partial charge in [0.25, 0.3) is 0 Å². The number of hydrogen-bond acceptors (Lipinski definition) is 14. The maximum absolute atomic E-state index is 13.4. The number of likely N-dealkylation sites (tertiary alicyclic amines) is 1. The normalized spacial score (nSPS) is 21.0. The number of rotatable bonds is 16. The number of carbonyl (C=O) groups excluding carboxylic acids is 10. The molecule has 8 amide bonds. The first-order valence-corrected chi connectivity index (χ1v) is 23.4. The van der Waals surface area contributed by atoms with Crippen LogP contribution in [0.5, 0.6) is 0 Å². The first-order chi connectivity index (χ1) is 34.6. The Hall–Kier alpha value is -8.29. The molecule has 6 unspecified atom stereocenters. The first kappa shape index (κ1) is 54.6. The van der Waals surface area contributed by atoms with E-state index in [1.807, 2.05) is 60.7 Å². The SMILES string of the molecule is C#CCC(NC(=O)C(CC(=O)C1CCCN1C(=O)CNC(=O)CN=[N+]=[N-])Cc1ccccc1)C(N)=O.NC(=O)C1CC2=CN(CC(=O)NCC(=O)N3CCCC3C(=O)CC(Cc3ccccc3)C(=O)N1)NN2. The number of amides is 8. The number of fused-ring (bicyclic) bond motifs is 2. The third-order valence-corrected chi connectivity index (χ3v) is 12.4. The van der Waals surface area contributed by atoms with E-state index in [4.69, 9.17) is 23.4 Å². The van der Waals surface area contributed by atoms with E-state index in [9.17, 15) is 47.9 Å². The number of hydrogen-bond donors (Lipinski definition) is 8. The molecule has 4 aliphatic heterocycles. The average Bonchev–Trinajstić information content (AvgIpc) is 4.16. The Morgan fingerprint density at radius 2 is 1.62 bits per heavy atom. The number of nitrogens with one attached hydrogen (secondary N) is 6. The Balaban J connectivity index is 0.000000267. The number of benzene rings is 2. The van der Waals surface area contributed by atoms with E-state index >= 15 is 0 Å². The first-order valence-electron chi connectivity index (χ1n) is 23.4. The molecule has 4 aliphatic rings. The summed E-state index contributed by atoms with van der Waals surface area (Å²) in [5, 5.41) is 14.8. The van der Waals surface area contributed by atoms with Crippen molar-refractivity contribution in [1.29, 1.82) is 0 Å². The molecule has 72 heavy (non-hydrogen) atoms. The maximum atomic E-state index is 13.4. The van der Waals surface area contributed by atoms with Crippen molar-refractivity contribution in [3.63, 3.8) is 0 Å². The molecular weight excluding hydrogens is 933 g/mol. The van der Waals surface area contributed by atoms with Crippen LogP contribution in [-0.2, 0) is 60.8 Å². The fourth-order valence-corrected chi connectivity index (χ4v) is 8.73. The van der Waals surface area contributed by atoms with Gasteiger partial charge in [-0.15, -0.1) is 17.9 Å². The molecule has 6 rings (SSSR count). The van der Waals surface area contributed by atoms with Crippen molar-refractivity contribution in [3.8, 4) is 12.3 Å². The van der Waals surface area contributed by atoms with Crippen molar-refractivity contribution >= 4 is 58.8 Å². The summed E-state index contributed by atoms with van der Waals surface area (Å²) in [7, 11) is 0. The van der Waals surface area contributed by atoms with Gasteiger partial charge in [-0.3, -0.25) is 53.0 Å². The fraction of sp³-hybridized carbons (Fsp3) is 0.458. The van der Waals surface area contributed by atoms with Gasteiger partial charge < -0.3 is 48.0 Å². The Bertz CT molecular complexity index is 2460. The Morgan fingerprint density at radius 1 is 0.931 bits per heavy atom. The molecule has 6 atom stereocenters. The topological polar surface area (TPSA) is 353 Å². The van der Waals surface area contributed by atoms with Crippen LogP contribution in [0.25, 0.3) is 10.4 Å². The van der Waals surface area contributed by atoms with Crippen LogP contribution in [0.2, 0.25) is 0 Å². The summed E-state index contributed by atoms with van der Waals surface area (Å²) in [6, 6.07) is 14.9. The van der Waals surface area contributed by atoms with E-state index in [2.05, 4.69) is 48.2 Å². The second kappa shape index (κ2) is 27.2. The van der Waals surface area contributed by atoms with Crippen molar-refractivity contribution < 1.29 is 47.9 Å². The molecule has 382 valence electrons. The molecule has 0 aromatic heterocycles. The molecule has 2 aromatic carbocycles. The highest BCUT2D eigenvalue weighted by atomic mass is 16.2. The Morgan fingerprint density at radius 3 is 2.29 bits per heavy atom. The van der Waals surface area contributed by atoms with Gasteiger partial charge in [0.05, 0.1) is 25.2 Å². The number of nitrogens with zero attached hydrogens (tertiary/aromatic N) is 6. The molecule has 0 spiro atoms. The Labute approximate surface area is 415 Å². The van der Waals surface area contributed by atoms with Gasteiger partial charge in [-0.1, -0.05) is 65.8 Å². The second-order valence-corrected chi connectivity index (χ2v) is 17.6. The van der Waals surface area contributed by atoms with Gasteiger partial charge in [-0.2, -0.15) is 0 Å². The van der Waals surface area contributed by atoms with Gasteiger partial charge >= 0.3 is 0 Å². The van der Waals surface area contributed by atoms with Gasteiger partial charge in [0.15, 0.2) is 11.6 Å². The van der Waals surface area contributed by atoms with Gasteiger partial charge in [0, 0.05) is 67.4 Å². The monoisotopic (exact) mass is 992 g/mol. The summed E-state index contributed by atoms with van der Waals surface area (Å²) in [6.07, 6.45) is 9.28. The lowest BCUT2D eigenvalue weighted by Gasteiger charge is -2.26. The summed E-state index contributed by atoms with van der Waals surface area (Å²) in [4.78, 5) is 132. The van der Waals surface area contributed by atoms with Gasteiger partial charge in [-0.05, 0) is 55.2 Å². The molecule has 0 saturated carbocycles. The minimum Gasteiger partial charge on any atom is -0.368 e. The largest absolute Gasteiger partial charge is 0.368 e. The molecule has 0 aliphatic carbocycles. The van der Waals surface area contributed by atoms with E-state index in [0.29, 0.717) is 44.5 Å². The number of azide groups is 1. The van der Waals surface area contributed by atoms with Crippen molar-refractivity contribution in [3.05, 3.63) is 94.1 Å². The lowest BCUT2D eigenvalue weighted by atomic mass is 9.90. The molecule has 10 N–H and O–H groups in total. The van der Waals surface area contributed by atoms with Gasteiger partial charge in [0.2, 0.25) is 47.3 Å². The molecule has 24 heteroatoms. The number of ketones is 2. The summed E-state index contributed by atoms with van der Waals surface area (Å²) < 4.78 is 0. The average molecular weight is 993 g/mol. The molecule has 4 heterocycles. The number of hydrazine groups is 2. The maximum Gasteiger partial charge on any atom is 0.242 e. The highest BCUT2D eigenvalue weighted by Crippen LogP contribution is 2.25. The Kier molecular flexibility index (Phi) is 20.6. The van der Waals surface area contributed by atoms with Crippen molar-refractivity contribution in [1.82, 2.24) is 47.0 Å². The molecule has 2 saturated heterocycles. The van der Waals surface area contributed by atoms with Crippen LogP contribution in [0.4, 0.5) is 0 Å². The molecule has 2 fully saturated rings. The van der Waals surface area contributed by atoms with Crippen LogP contribution in [0, 0.1) is 24.2 Å². The zero-order chi connectivity index (χ0) is 52.2. The standard InChI is InChI=1S/C24H31N7O5.C24H29N7O5/c25-23(35)18-11-17-13-30(29-28-17)14-21(33)26-12-22(34)31-8-4-7-19(31)20(32)10-16(24(36)27-18)9-15-5-2-1-3-6-15;1-2-7-18(23(25)35)29-24(36)17(12-16-8-4-3-5-9-16)13-20(32)19-10-6-11-31(19)22(34)15-27-21(33)14-28-30-26/h1-3,5-6,13,16,18-19,28-29H,4,7-12,14H2,(H2,25,35)(H,26,33)(H,27,36);1,3-5,8-9,17-19H,6-7,10-15H2,(H2,25,35)(H,27,33)(H,29,36). The summed E-state index contributed by atoms with van der Waals surface area (Å²) in [5.74, 6) is -4.10. The molecule has 24 nitrogen and oxygen atoms in total. The molecule has 2 aromatic rings. The predicted molar refractivity (Wildman–Crippen MR) is 257 cm³/mol. The number of primary amides is 2. The number of terminal acetylenes is 1. The smallest absolute Gasteiger partial charge is 0.242 e. The van der Waals surface area contributed by atoms with Gasteiger partial charge in [0.1, 0.15) is 25.2 Å².